The molecule has 0 aliphatic carbocycles. The molecule has 0 spiro atoms. The van der Waals surface area contributed by atoms with Crippen LogP contribution in [0.5, 0.6) is 5.75 Å². The lowest BCUT2D eigenvalue weighted by atomic mass is 10.1. The number of nitrogens with one attached hydrogen (secondary N) is 1. The molecule has 0 saturated heterocycles. The van der Waals surface area contributed by atoms with E-state index in [0.717, 1.165) is 11.1 Å². The van der Waals surface area contributed by atoms with Crippen molar-refractivity contribution in [2.24, 2.45) is 0 Å². The predicted octanol–water partition coefficient (Wildman–Crippen LogP) is 4.01. The second kappa shape index (κ2) is 5.45. The van der Waals surface area contributed by atoms with E-state index < -0.39 is 7.52 Å². The second-order valence-corrected chi connectivity index (χ2v) is 6.69. The molecule has 0 bridgehead atoms. The highest BCUT2D eigenvalue weighted by Crippen LogP contribution is 2.43. The summed E-state index contributed by atoms with van der Waals surface area (Å²) in [6.45, 7) is 5.50. The molecule has 100 valence electrons. The summed E-state index contributed by atoms with van der Waals surface area (Å²) in [5, 5.41) is 2.83. The quantitative estimate of drug-likeness (QED) is 0.857. The van der Waals surface area contributed by atoms with E-state index in [2.05, 4.69) is 10.1 Å². The Labute approximate surface area is 113 Å². The van der Waals surface area contributed by atoms with Gasteiger partial charge in [-0.1, -0.05) is 12.1 Å². The van der Waals surface area contributed by atoms with Gasteiger partial charge in [0, 0.05) is 12.9 Å². The Morgan fingerprint density at radius 3 is 2.42 bits per heavy atom. The maximum absolute atomic E-state index is 12.4. The third-order valence-electron chi connectivity index (χ3n) is 2.46. The van der Waals surface area contributed by atoms with Gasteiger partial charge in [0.15, 0.2) is 0 Å². The van der Waals surface area contributed by atoms with Crippen LogP contribution in [-0.2, 0) is 4.57 Å². The number of pyridine rings is 1. The summed E-state index contributed by atoms with van der Waals surface area (Å²) >= 11 is 0. The fourth-order valence-electron chi connectivity index (χ4n) is 1.85. The van der Waals surface area contributed by atoms with Gasteiger partial charge in [0.05, 0.1) is 0 Å². The van der Waals surface area contributed by atoms with Gasteiger partial charge < -0.3 is 4.52 Å². The molecule has 2 aromatic rings. The summed E-state index contributed by atoms with van der Waals surface area (Å²) < 4.78 is 18.0. The Hall–Kier alpha value is -1.80. The zero-order valence-corrected chi connectivity index (χ0v) is 12.1. The molecule has 1 heterocycles. The Morgan fingerprint density at radius 2 is 1.84 bits per heavy atom. The van der Waals surface area contributed by atoms with E-state index in [1.165, 1.54) is 0 Å². The molecule has 0 unspecified atom stereocenters. The molecule has 0 aliphatic heterocycles. The highest BCUT2D eigenvalue weighted by atomic mass is 31.2. The first-order valence-corrected chi connectivity index (χ1v) is 8.06. The van der Waals surface area contributed by atoms with Gasteiger partial charge in [-0.3, -0.25) is 9.65 Å². The molecule has 0 saturated carbocycles. The minimum absolute atomic E-state index is 0.540. The van der Waals surface area contributed by atoms with Crippen molar-refractivity contribution >= 4 is 13.3 Å². The lowest BCUT2D eigenvalue weighted by Crippen LogP contribution is -2.03. The molecule has 0 aliphatic rings. The number of anilines is 1. The standard InChI is InChI=1S/C14H17N2O2P/c1-11-8-12(2)10-13(9-11)18-19(3,17)16-14-6-4-5-7-15-14/h4-10H,1-3H3,(H,15,16,17)/t19-/m0/s1. The second-order valence-electron chi connectivity index (χ2n) is 4.59. The van der Waals surface area contributed by atoms with Crippen LogP contribution in [0.1, 0.15) is 11.1 Å². The van der Waals surface area contributed by atoms with E-state index in [4.69, 9.17) is 4.52 Å². The van der Waals surface area contributed by atoms with Gasteiger partial charge in [-0.2, -0.15) is 0 Å². The third-order valence-corrected chi connectivity index (χ3v) is 3.65. The fraction of sp³-hybridized carbons (Fsp3) is 0.214. The average molecular weight is 276 g/mol. The van der Waals surface area contributed by atoms with Crippen molar-refractivity contribution in [1.29, 1.82) is 0 Å². The van der Waals surface area contributed by atoms with Crippen LogP contribution < -0.4 is 9.61 Å². The predicted molar refractivity (Wildman–Crippen MR) is 77.9 cm³/mol. The number of aryl methyl sites for hydroxylation is 2. The van der Waals surface area contributed by atoms with E-state index in [9.17, 15) is 4.57 Å². The lowest BCUT2D eigenvalue weighted by molar-refractivity contribution is 0.493. The first-order valence-electron chi connectivity index (χ1n) is 5.99. The summed E-state index contributed by atoms with van der Waals surface area (Å²) in [5.74, 6) is 1.14. The minimum Gasteiger partial charge on any atom is -0.429 e. The van der Waals surface area contributed by atoms with E-state index >= 15 is 0 Å². The molecular weight excluding hydrogens is 259 g/mol. The number of benzene rings is 1. The maximum atomic E-state index is 12.4. The minimum atomic E-state index is -2.99. The van der Waals surface area contributed by atoms with Crippen molar-refractivity contribution in [1.82, 2.24) is 4.98 Å². The molecule has 0 radical (unpaired) electrons. The molecule has 0 fully saturated rings. The smallest absolute Gasteiger partial charge is 0.339 e. The van der Waals surface area contributed by atoms with Gasteiger partial charge in [-0.05, 0) is 49.2 Å². The first-order chi connectivity index (χ1) is 8.94. The largest absolute Gasteiger partial charge is 0.429 e. The highest BCUT2D eigenvalue weighted by Gasteiger charge is 2.18. The maximum Gasteiger partial charge on any atom is 0.339 e. The molecule has 2 rings (SSSR count). The summed E-state index contributed by atoms with van der Waals surface area (Å²) in [4.78, 5) is 4.08. The van der Waals surface area contributed by atoms with E-state index in [-0.39, 0.29) is 0 Å². The van der Waals surface area contributed by atoms with Gasteiger partial charge in [0.1, 0.15) is 11.6 Å². The van der Waals surface area contributed by atoms with E-state index in [1.807, 2.05) is 38.1 Å². The molecule has 5 heteroatoms. The van der Waals surface area contributed by atoms with Crippen LogP contribution in [0.25, 0.3) is 0 Å². The number of rotatable bonds is 4. The molecular formula is C14H17N2O2P. The number of hydrogen-bond acceptors (Lipinski definition) is 3. The lowest BCUT2D eigenvalue weighted by Gasteiger charge is -2.17. The van der Waals surface area contributed by atoms with Crippen molar-refractivity contribution in [2.45, 2.75) is 13.8 Å². The average Bonchev–Trinajstić information content (AvgIpc) is 2.27. The van der Waals surface area contributed by atoms with Gasteiger partial charge in [-0.25, -0.2) is 4.98 Å². The third kappa shape index (κ3) is 4.11. The summed E-state index contributed by atoms with van der Waals surface area (Å²) in [6.07, 6.45) is 1.64. The zero-order valence-electron chi connectivity index (χ0n) is 11.3. The van der Waals surface area contributed by atoms with Crippen molar-refractivity contribution in [3.8, 4) is 5.75 Å². The first kappa shape index (κ1) is 13.6. The van der Waals surface area contributed by atoms with Crippen molar-refractivity contribution < 1.29 is 9.09 Å². The molecule has 0 amide bonds. The molecule has 19 heavy (non-hydrogen) atoms. The zero-order chi connectivity index (χ0) is 13.9. The van der Waals surface area contributed by atoms with Crippen LogP contribution in [0.4, 0.5) is 5.82 Å². The van der Waals surface area contributed by atoms with E-state index in [0.29, 0.717) is 11.6 Å². The van der Waals surface area contributed by atoms with Gasteiger partial charge in [-0.15, -0.1) is 0 Å². The van der Waals surface area contributed by atoms with E-state index in [1.54, 1.807) is 25.0 Å². The molecule has 4 nitrogen and oxygen atoms in total. The molecule has 1 atom stereocenters. The van der Waals surface area contributed by atoms with Crippen molar-refractivity contribution in [2.75, 3.05) is 11.8 Å². The van der Waals surface area contributed by atoms with Crippen LogP contribution >= 0.6 is 7.52 Å². The molecule has 1 aromatic heterocycles. The Kier molecular flexibility index (Phi) is 3.91. The van der Waals surface area contributed by atoms with Crippen molar-refractivity contribution in [3.63, 3.8) is 0 Å². The summed E-state index contributed by atoms with van der Waals surface area (Å²) in [7, 11) is -2.99. The molecule has 1 N–H and O–H groups in total. The number of hydrogen-bond donors (Lipinski definition) is 1. The Balaban J connectivity index is 2.15. The van der Waals surface area contributed by atoms with Crippen LogP contribution in [0.15, 0.2) is 42.6 Å². The summed E-state index contributed by atoms with van der Waals surface area (Å²) in [5.41, 5.74) is 2.15. The monoisotopic (exact) mass is 276 g/mol. The SMILES string of the molecule is Cc1cc(C)cc(O[P@](C)(=O)Nc2ccccn2)c1. The topological polar surface area (TPSA) is 51.2 Å². The highest BCUT2D eigenvalue weighted by molar-refractivity contribution is 7.60. The van der Waals surface area contributed by atoms with Gasteiger partial charge >= 0.3 is 7.52 Å². The van der Waals surface area contributed by atoms with Crippen LogP contribution in [0.2, 0.25) is 0 Å². The van der Waals surface area contributed by atoms with Gasteiger partial charge in [0.2, 0.25) is 0 Å². The Bertz CT molecular complexity index is 594. The molecule has 1 aromatic carbocycles. The number of nitrogens with zero attached hydrogens (tertiary/aromatic N) is 1. The van der Waals surface area contributed by atoms with Crippen LogP contribution in [0.3, 0.4) is 0 Å². The normalized spacial score (nSPS) is 13.6. The number of aromatic nitrogens is 1. The van der Waals surface area contributed by atoms with Crippen LogP contribution in [-0.4, -0.2) is 11.6 Å². The van der Waals surface area contributed by atoms with Crippen molar-refractivity contribution in [3.05, 3.63) is 53.7 Å². The Morgan fingerprint density at radius 1 is 1.16 bits per heavy atom. The summed E-state index contributed by atoms with van der Waals surface area (Å²) in [6, 6.07) is 11.1. The fourth-order valence-corrected chi connectivity index (χ4v) is 2.95. The van der Waals surface area contributed by atoms with Crippen LogP contribution in [0, 0.1) is 13.8 Å². The van der Waals surface area contributed by atoms with Gasteiger partial charge in [0.25, 0.3) is 0 Å².